The number of hydrogen-bond acceptors (Lipinski definition) is 4. The number of methoxy groups -OCH3 is 1. The summed E-state index contributed by atoms with van der Waals surface area (Å²) in [7, 11) is 3.88. The second-order valence-electron chi connectivity index (χ2n) is 5.39. The van der Waals surface area contributed by atoms with Crippen molar-refractivity contribution >= 4 is 16.6 Å². The van der Waals surface area contributed by atoms with Gasteiger partial charge in [-0.05, 0) is 49.5 Å². The van der Waals surface area contributed by atoms with Crippen LogP contribution in [-0.4, -0.2) is 43.2 Å². The fourth-order valence-corrected chi connectivity index (χ4v) is 2.47. The van der Waals surface area contributed by atoms with Crippen molar-refractivity contribution in [1.82, 2.24) is 9.88 Å². The van der Waals surface area contributed by atoms with Crippen molar-refractivity contribution < 1.29 is 4.74 Å². The molecule has 0 amide bonds. The minimum absolute atomic E-state index is 0.807. The number of pyridine rings is 1. The average Bonchev–Trinajstić information content (AvgIpc) is 3.31. The predicted octanol–water partition coefficient (Wildman–Crippen LogP) is 2.75. The largest absolute Gasteiger partial charge is 0.497 e. The number of ether oxygens (including phenoxy) is 1. The summed E-state index contributed by atoms with van der Waals surface area (Å²) in [6.07, 6.45) is 4.54. The van der Waals surface area contributed by atoms with Gasteiger partial charge in [0.2, 0.25) is 0 Å². The summed E-state index contributed by atoms with van der Waals surface area (Å²) in [5.41, 5.74) is 0. The van der Waals surface area contributed by atoms with E-state index in [9.17, 15) is 0 Å². The van der Waals surface area contributed by atoms with E-state index in [1.165, 1.54) is 12.8 Å². The lowest BCUT2D eigenvalue weighted by molar-refractivity contribution is 0.337. The zero-order valence-corrected chi connectivity index (χ0v) is 12.1. The summed E-state index contributed by atoms with van der Waals surface area (Å²) < 4.78 is 5.26. The Morgan fingerprint density at radius 2 is 2.20 bits per heavy atom. The first-order valence-electron chi connectivity index (χ1n) is 7.15. The van der Waals surface area contributed by atoms with E-state index in [4.69, 9.17) is 4.74 Å². The van der Waals surface area contributed by atoms with E-state index in [0.29, 0.717) is 0 Å². The van der Waals surface area contributed by atoms with Gasteiger partial charge in [-0.1, -0.05) is 0 Å². The van der Waals surface area contributed by atoms with Gasteiger partial charge in [-0.2, -0.15) is 0 Å². The molecular weight excluding hydrogens is 250 g/mol. The lowest BCUT2D eigenvalue weighted by atomic mass is 10.1. The van der Waals surface area contributed by atoms with Crippen LogP contribution in [0.3, 0.4) is 0 Å². The Labute approximate surface area is 119 Å². The SMILES string of the molecule is COc1ccc2c(NCCN(C)C3CC3)nccc2c1. The predicted molar refractivity (Wildman–Crippen MR) is 82.4 cm³/mol. The first-order valence-corrected chi connectivity index (χ1v) is 7.15. The number of benzene rings is 1. The minimum atomic E-state index is 0.807. The molecule has 106 valence electrons. The molecule has 0 saturated heterocycles. The van der Waals surface area contributed by atoms with Crippen molar-refractivity contribution in [3.05, 3.63) is 30.5 Å². The highest BCUT2D eigenvalue weighted by Crippen LogP contribution is 2.26. The van der Waals surface area contributed by atoms with E-state index >= 15 is 0 Å². The summed E-state index contributed by atoms with van der Waals surface area (Å²) in [4.78, 5) is 6.87. The normalized spacial score (nSPS) is 14.8. The molecule has 0 unspecified atom stereocenters. The van der Waals surface area contributed by atoms with Crippen LogP contribution >= 0.6 is 0 Å². The lowest BCUT2D eigenvalue weighted by Crippen LogP contribution is -2.27. The van der Waals surface area contributed by atoms with Gasteiger partial charge in [0, 0.05) is 30.7 Å². The van der Waals surface area contributed by atoms with Gasteiger partial charge in [0.15, 0.2) is 0 Å². The summed E-state index contributed by atoms with van der Waals surface area (Å²) >= 11 is 0. The summed E-state index contributed by atoms with van der Waals surface area (Å²) in [6.45, 7) is 1.98. The Hall–Kier alpha value is -1.81. The van der Waals surface area contributed by atoms with Crippen molar-refractivity contribution in [2.45, 2.75) is 18.9 Å². The monoisotopic (exact) mass is 271 g/mol. The number of anilines is 1. The third kappa shape index (κ3) is 2.85. The van der Waals surface area contributed by atoms with Crippen LogP contribution in [0, 0.1) is 0 Å². The molecule has 2 aromatic rings. The molecular formula is C16H21N3O. The number of nitrogens with zero attached hydrogens (tertiary/aromatic N) is 2. The van der Waals surface area contributed by atoms with Gasteiger partial charge in [-0.15, -0.1) is 0 Å². The van der Waals surface area contributed by atoms with Crippen LogP contribution in [0.15, 0.2) is 30.5 Å². The number of fused-ring (bicyclic) bond motifs is 1. The number of aromatic nitrogens is 1. The third-order valence-electron chi connectivity index (χ3n) is 3.90. The molecule has 3 rings (SSSR count). The molecule has 1 aliphatic rings. The molecule has 4 nitrogen and oxygen atoms in total. The van der Waals surface area contributed by atoms with Crippen molar-refractivity contribution in [2.75, 3.05) is 32.6 Å². The first kappa shape index (κ1) is 13.2. The smallest absolute Gasteiger partial charge is 0.133 e. The van der Waals surface area contributed by atoms with Crippen LogP contribution in [0.2, 0.25) is 0 Å². The maximum atomic E-state index is 5.26. The molecule has 1 aromatic carbocycles. The summed E-state index contributed by atoms with van der Waals surface area (Å²) in [6, 6.07) is 8.90. The molecule has 4 heteroatoms. The zero-order valence-electron chi connectivity index (χ0n) is 12.1. The van der Waals surface area contributed by atoms with Crippen LogP contribution in [0.5, 0.6) is 5.75 Å². The van der Waals surface area contributed by atoms with Crippen LogP contribution in [0.1, 0.15) is 12.8 Å². The highest BCUT2D eigenvalue weighted by Gasteiger charge is 2.25. The average molecular weight is 271 g/mol. The van der Waals surface area contributed by atoms with Crippen molar-refractivity contribution in [3.8, 4) is 5.75 Å². The van der Waals surface area contributed by atoms with Gasteiger partial charge in [0.05, 0.1) is 7.11 Å². The standard InChI is InChI=1S/C16H21N3O/c1-19(13-3-4-13)10-9-18-16-15-6-5-14(20-2)11-12(15)7-8-17-16/h5-8,11,13H,3-4,9-10H2,1-2H3,(H,17,18). The molecule has 0 aliphatic heterocycles. The van der Waals surface area contributed by atoms with E-state index in [-0.39, 0.29) is 0 Å². The van der Waals surface area contributed by atoms with Crippen molar-refractivity contribution in [3.63, 3.8) is 0 Å². The first-order chi connectivity index (χ1) is 9.78. The van der Waals surface area contributed by atoms with E-state index < -0.39 is 0 Å². The molecule has 1 aromatic heterocycles. The fourth-order valence-electron chi connectivity index (χ4n) is 2.47. The van der Waals surface area contributed by atoms with Crippen molar-refractivity contribution in [1.29, 1.82) is 0 Å². The highest BCUT2D eigenvalue weighted by atomic mass is 16.5. The van der Waals surface area contributed by atoms with Crippen LogP contribution in [0.4, 0.5) is 5.82 Å². The highest BCUT2D eigenvalue weighted by molar-refractivity contribution is 5.92. The second kappa shape index (κ2) is 5.67. The van der Waals surface area contributed by atoms with Crippen molar-refractivity contribution in [2.24, 2.45) is 0 Å². The molecule has 0 atom stereocenters. The van der Waals surface area contributed by atoms with Gasteiger partial charge in [0.1, 0.15) is 11.6 Å². The van der Waals surface area contributed by atoms with Gasteiger partial charge < -0.3 is 15.0 Å². The Morgan fingerprint density at radius 3 is 2.95 bits per heavy atom. The van der Waals surface area contributed by atoms with Crippen LogP contribution in [0.25, 0.3) is 10.8 Å². The Balaban J connectivity index is 1.70. The van der Waals surface area contributed by atoms with E-state index in [0.717, 1.165) is 41.5 Å². The van der Waals surface area contributed by atoms with E-state index in [1.54, 1.807) is 7.11 Å². The molecule has 1 heterocycles. The Kier molecular flexibility index (Phi) is 3.74. The molecule has 0 radical (unpaired) electrons. The van der Waals surface area contributed by atoms with E-state index in [2.05, 4.69) is 28.3 Å². The second-order valence-corrected chi connectivity index (χ2v) is 5.39. The summed E-state index contributed by atoms with van der Waals surface area (Å²) in [5.74, 6) is 1.83. The molecule has 20 heavy (non-hydrogen) atoms. The molecule has 1 N–H and O–H groups in total. The van der Waals surface area contributed by atoms with Gasteiger partial charge in [0.25, 0.3) is 0 Å². The maximum absolute atomic E-state index is 5.26. The Morgan fingerprint density at radius 1 is 1.35 bits per heavy atom. The van der Waals surface area contributed by atoms with Crippen LogP contribution in [-0.2, 0) is 0 Å². The number of rotatable bonds is 6. The maximum Gasteiger partial charge on any atom is 0.133 e. The van der Waals surface area contributed by atoms with Gasteiger partial charge in [-0.25, -0.2) is 4.98 Å². The topological polar surface area (TPSA) is 37.4 Å². The molecule has 1 aliphatic carbocycles. The number of likely N-dealkylation sites (N-methyl/N-ethyl adjacent to an activating group) is 1. The van der Waals surface area contributed by atoms with Gasteiger partial charge >= 0.3 is 0 Å². The minimum Gasteiger partial charge on any atom is -0.497 e. The Bertz CT molecular complexity index is 595. The number of hydrogen-bond donors (Lipinski definition) is 1. The zero-order chi connectivity index (χ0) is 13.9. The summed E-state index contributed by atoms with van der Waals surface area (Å²) in [5, 5.41) is 5.74. The third-order valence-corrected chi connectivity index (χ3v) is 3.90. The fraction of sp³-hybridized carbons (Fsp3) is 0.438. The molecule has 1 saturated carbocycles. The van der Waals surface area contributed by atoms with Crippen LogP contribution < -0.4 is 10.1 Å². The van der Waals surface area contributed by atoms with Gasteiger partial charge in [-0.3, -0.25) is 0 Å². The molecule has 0 bridgehead atoms. The number of nitrogens with one attached hydrogen (secondary N) is 1. The molecule has 1 fully saturated rings. The molecule has 0 spiro atoms. The quantitative estimate of drug-likeness (QED) is 0.876. The lowest BCUT2D eigenvalue weighted by Gasteiger charge is -2.16. The van der Waals surface area contributed by atoms with E-state index in [1.807, 2.05) is 24.4 Å².